The quantitative estimate of drug-likeness (QED) is 0.622. The normalized spacial score (nSPS) is 10.5. The molecule has 0 saturated carbocycles. The number of hydrogen-bond donors (Lipinski definition) is 3. The van der Waals surface area contributed by atoms with Crippen molar-refractivity contribution in [2.75, 3.05) is 11.5 Å². The van der Waals surface area contributed by atoms with Gasteiger partial charge in [0.2, 0.25) is 0 Å². The molecule has 0 radical (unpaired) electrons. The van der Waals surface area contributed by atoms with E-state index >= 15 is 0 Å². The second-order valence-corrected chi connectivity index (χ2v) is 4.94. The first-order valence-corrected chi connectivity index (χ1v) is 6.69. The third-order valence-electron chi connectivity index (χ3n) is 3.46. The van der Waals surface area contributed by atoms with Gasteiger partial charge in [-0.3, -0.25) is 0 Å². The molecule has 0 amide bonds. The maximum absolute atomic E-state index is 10.3. The average Bonchev–Trinajstić information content (AvgIpc) is 2.49. The Morgan fingerprint density at radius 1 is 0.619 bits per heavy atom. The third-order valence-corrected chi connectivity index (χ3v) is 3.46. The van der Waals surface area contributed by atoms with Gasteiger partial charge in [0.25, 0.3) is 0 Å². The van der Waals surface area contributed by atoms with Crippen LogP contribution in [0.2, 0.25) is 0 Å². The van der Waals surface area contributed by atoms with Gasteiger partial charge in [-0.2, -0.15) is 0 Å². The molecule has 0 aromatic heterocycles. The Morgan fingerprint density at radius 3 is 1.71 bits per heavy atom. The lowest BCUT2D eigenvalue weighted by atomic mass is 9.93. The topological polar surface area (TPSA) is 72.3 Å². The Balaban J connectivity index is 2.20. The zero-order valence-corrected chi connectivity index (χ0v) is 11.5. The Hall–Kier alpha value is -2.94. The van der Waals surface area contributed by atoms with Crippen molar-refractivity contribution in [3.63, 3.8) is 0 Å². The number of anilines is 2. The van der Waals surface area contributed by atoms with Gasteiger partial charge < -0.3 is 16.6 Å². The highest BCUT2D eigenvalue weighted by molar-refractivity contribution is 5.88. The van der Waals surface area contributed by atoms with E-state index in [1.54, 1.807) is 6.07 Å². The molecule has 3 nitrogen and oxygen atoms in total. The van der Waals surface area contributed by atoms with Crippen LogP contribution in [0.3, 0.4) is 0 Å². The molecular formula is C18H16N2O. The molecule has 0 saturated heterocycles. The van der Waals surface area contributed by atoms with Gasteiger partial charge in [-0.25, -0.2) is 0 Å². The first kappa shape index (κ1) is 13.1. The van der Waals surface area contributed by atoms with Crippen molar-refractivity contribution >= 4 is 11.4 Å². The van der Waals surface area contributed by atoms with Gasteiger partial charge in [0.05, 0.1) is 0 Å². The summed E-state index contributed by atoms with van der Waals surface area (Å²) in [7, 11) is 0. The predicted molar refractivity (Wildman–Crippen MR) is 87.8 cm³/mol. The van der Waals surface area contributed by atoms with Crippen LogP contribution >= 0.6 is 0 Å². The molecule has 0 aliphatic rings. The van der Waals surface area contributed by atoms with E-state index in [1.165, 1.54) is 0 Å². The fourth-order valence-electron chi connectivity index (χ4n) is 2.40. The van der Waals surface area contributed by atoms with Gasteiger partial charge in [0, 0.05) is 16.9 Å². The Bertz CT molecular complexity index is 762. The Labute approximate surface area is 123 Å². The zero-order valence-electron chi connectivity index (χ0n) is 11.5. The SMILES string of the molecule is Nc1ccc(-c2cccc(O)c2-c2ccc(N)cc2)cc1. The second kappa shape index (κ2) is 5.21. The van der Waals surface area contributed by atoms with Crippen LogP contribution in [0.15, 0.2) is 66.7 Å². The minimum atomic E-state index is 0.245. The molecule has 5 N–H and O–H groups in total. The smallest absolute Gasteiger partial charge is 0.124 e. The number of phenols is 1. The van der Waals surface area contributed by atoms with Gasteiger partial charge in [-0.15, -0.1) is 0 Å². The van der Waals surface area contributed by atoms with Crippen LogP contribution < -0.4 is 11.5 Å². The van der Waals surface area contributed by atoms with Crippen molar-refractivity contribution in [3.8, 4) is 28.0 Å². The summed E-state index contributed by atoms with van der Waals surface area (Å²) in [5, 5.41) is 10.3. The fraction of sp³-hybridized carbons (Fsp3) is 0. The highest BCUT2D eigenvalue weighted by Gasteiger charge is 2.11. The van der Waals surface area contributed by atoms with Crippen molar-refractivity contribution in [1.82, 2.24) is 0 Å². The molecule has 0 spiro atoms. The average molecular weight is 276 g/mol. The lowest BCUT2D eigenvalue weighted by Crippen LogP contribution is -1.89. The Kier molecular flexibility index (Phi) is 3.24. The Morgan fingerprint density at radius 2 is 1.14 bits per heavy atom. The molecule has 104 valence electrons. The van der Waals surface area contributed by atoms with Gasteiger partial charge in [0.1, 0.15) is 5.75 Å². The maximum Gasteiger partial charge on any atom is 0.124 e. The van der Waals surface area contributed by atoms with E-state index < -0.39 is 0 Å². The predicted octanol–water partition coefficient (Wildman–Crippen LogP) is 3.89. The molecule has 0 fully saturated rings. The van der Waals surface area contributed by atoms with Crippen LogP contribution in [-0.4, -0.2) is 5.11 Å². The van der Waals surface area contributed by atoms with Gasteiger partial charge in [-0.1, -0.05) is 36.4 Å². The van der Waals surface area contributed by atoms with Crippen molar-refractivity contribution in [2.45, 2.75) is 0 Å². The fourth-order valence-corrected chi connectivity index (χ4v) is 2.40. The molecule has 3 rings (SSSR count). The standard InChI is InChI=1S/C18H16N2O/c19-14-8-4-12(5-9-14)16-2-1-3-17(21)18(16)13-6-10-15(20)11-7-13/h1-11,21H,19-20H2. The maximum atomic E-state index is 10.3. The number of hydrogen-bond acceptors (Lipinski definition) is 3. The molecule has 0 aliphatic heterocycles. The summed E-state index contributed by atoms with van der Waals surface area (Å²) in [4.78, 5) is 0. The van der Waals surface area contributed by atoms with E-state index in [2.05, 4.69) is 0 Å². The summed E-state index contributed by atoms with van der Waals surface area (Å²) in [5.74, 6) is 0.245. The van der Waals surface area contributed by atoms with Gasteiger partial charge >= 0.3 is 0 Å². The number of aromatic hydroxyl groups is 1. The van der Waals surface area contributed by atoms with Crippen LogP contribution in [-0.2, 0) is 0 Å². The number of benzene rings is 3. The zero-order chi connectivity index (χ0) is 14.8. The largest absolute Gasteiger partial charge is 0.507 e. The highest BCUT2D eigenvalue weighted by Crippen LogP contribution is 2.38. The van der Waals surface area contributed by atoms with E-state index in [9.17, 15) is 5.11 Å². The molecule has 0 aliphatic carbocycles. The molecule has 0 atom stereocenters. The van der Waals surface area contributed by atoms with E-state index in [4.69, 9.17) is 11.5 Å². The minimum Gasteiger partial charge on any atom is -0.507 e. The molecule has 0 unspecified atom stereocenters. The van der Waals surface area contributed by atoms with Crippen molar-refractivity contribution in [3.05, 3.63) is 66.7 Å². The van der Waals surface area contributed by atoms with Crippen molar-refractivity contribution < 1.29 is 5.11 Å². The van der Waals surface area contributed by atoms with Gasteiger partial charge in [0.15, 0.2) is 0 Å². The lowest BCUT2D eigenvalue weighted by Gasteiger charge is -2.12. The summed E-state index contributed by atoms with van der Waals surface area (Å²) < 4.78 is 0. The summed E-state index contributed by atoms with van der Waals surface area (Å²) in [6.45, 7) is 0. The van der Waals surface area contributed by atoms with Crippen LogP contribution in [0, 0.1) is 0 Å². The lowest BCUT2D eigenvalue weighted by molar-refractivity contribution is 0.477. The first-order valence-electron chi connectivity index (χ1n) is 6.69. The van der Waals surface area contributed by atoms with E-state index in [0.717, 1.165) is 22.3 Å². The van der Waals surface area contributed by atoms with Crippen LogP contribution in [0.1, 0.15) is 0 Å². The summed E-state index contributed by atoms with van der Waals surface area (Å²) >= 11 is 0. The molecule has 0 heterocycles. The highest BCUT2D eigenvalue weighted by atomic mass is 16.3. The van der Waals surface area contributed by atoms with Gasteiger partial charge in [-0.05, 0) is 47.0 Å². The first-order chi connectivity index (χ1) is 10.1. The summed E-state index contributed by atoms with van der Waals surface area (Å²) in [5.41, 5.74) is 16.6. The number of nitrogens with two attached hydrogens (primary N) is 2. The van der Waals surface area contributed by atoms with Crippen LogP contribution in [0.5, 0.6) is 5.75 Å². The van der Waals surface area contributed by atoms with Crippen molar-refractivity contribution in [2.24, 2.45) is 0 Å². The molecular weight excluding hydrogens is 260 g/mol. The molecule has 3 aromatic rings. The van der Waals surface area contributed by atoms with E-state index in [-0.39, 0.29) is 5.75 Å². The molecule has 21 heavy (non-hydrogen) atoms. The molecule has 0 bridgehead atoms. The monoisotopic (exact) mass is 276 g/mol. The van der Waals surface area contributed by atoms with Crippen molar-refractivity contribution in [1.29, 1.82) is 0 Å². The summed E-state index contributed by atoms with van der Waals surface area (Å²) in [6, 6.07) is 20.6. The number of rotatable bonds is 2. The van der Waals surface area contributed by atoms with Crippen LogP contribution in [0.25, 0.3) is 22.3 Å². The van der Waals surface area contributed by atoms with E-state index in [0.29, 0.717) is 11.4 Å². The second-order valence-electron chi connectivity index (χ2n) is 4.94. The number of phenolic OH excluding ortho intramolecular Hbond substituents is 1. The number of nitrogen functional groups attached to an aromatic ring is 2. The minimum absolute atomic E-state index is 0.245. The van der Waals surface area contributed by atoms with E-state index in [1.807, 2.05) is 60.7 Å². The molecule has 3 heteroatoms. The van der Waals surface area contributed by atoms with Crippen LogP contribution in [0.4, 0.5) is 11.4 Å². The third kappa shape index (κ3) is 2.54. The molecule has 3 aromatic carbocycles. The summed E-state index contributed by atoms with van der Waals surface area (Å²) in [6.07, 6.45) is 0.